The minimum atomic E-state index is -0.252. The van der Waals surface area contributed by atoms with Crippen LogP contribution >= 0.6 is 28.1 Å². The summed E-state index contributed by atoms with van der Waals surface area (Å²) in [6.45, 7) is 6.11. The summed E-state index contributed by atoms with van der Waals surface area (Å²) in [7, 11) is 0. The first-order chi connectivity index (χ1) is 16.4. The van der Waals surface area contributed by atoms with Crippen molar-refractivity contribution in [2.24, 2.45) is 0 Å². The third-order valence-electron chi connectivity index (χ3n) is 6.40. The Morgan fingerprint density at radius 3 is 2.47 bits per heavy atom. The van der Waals surface area contributed by atoms with Gasteiger partial charge >= 0.3 is 0 Å². The predicted octanol–water partition coefficient (Wildman–Crippen LogP) is 6.88. The van der Waals surface area contributed by atoms with Gasteiger partial charge < -0.3 is 14.8 Å². The molecule has 7 heteroatoms. The van der Waals surface area contributed by atoms with Crippen LogP contribution < -0.4 is 10.2 Å². The van der Waals surface area contributed by atoms with Crippen molar-refractivity contribution in [3.63, 3.8) is 0 Å². The molecule has 5 rings (SSSR count). The Balaban J connectivity index is 1.70. The number of aryl methyl sites for hydroxylation is 2. The van der Waals surface area contributed by atoms with Crippen LogP contribution in [0.4, 0.5) is 10.1 Å². The van der Waals surface area contributed by atoms with Crippen molar-refractivity contribution in [3.05, 3.63) is 111 Å². The van der Waals surface area contributed by atoms with Gasteiger partial charge in [0.25, 0.3) is 0 Å². The molecule has 2 atom stereocenters. The Hall–Kier alpha value is -3.03. The smallest absolute Gasteiger partial charge is 0.174 e. The van der Waals surface area contributed by atoms with E-state index in [-0.39, 0.29) is 17.9 Å². The summed E-state index contributed by atoms with van der Waals surface area (Å²) in [6.07, 6.45) is 1.80. The van der Waals surface area contributed by atoms with E-state index in [4.69, 9.17) is 12.2 Å². The Bertz CT molecular complexity index is 1380. The lowest BCUT2D eigenvalue weighted by atomic mass is 9.96. The first-order valence-corrected chi connectivity index (χ1v) is 12.3. The molecule has 2 aromatic heterocycles. The molecule has 4 aromatic rings. The number of para-hydroxylation sites is 1. The number of nitrogens with one attached hydrogen (secondary N) is 1. The summed E-state index contributed by atoms with van der Waals surface area (Å²) >= 11 is 9.46. The molecule has 0 amide bonds. The lowest BCUT2D eigenvalue weighted by Crippen LogP contribution is -2.29. The topological polar surface area (TPSA) is 33.1 Å². The number of thiocarbonyl (C=S) groups is 1. The second-order valence-corrected chi connectivity index (χ2v) is 9.78. The van der Waals surface area contributed by atoms with Gasteiger partial charge in [0.1, 0.15) is 5.82 Å². The quantitative estimate of drug-likeness (QED) is 0.289. The zero-order valence-electron chi connectivity index (χ0n) is 19.1. The minimum absolute atomic E-state index is 0.158. The highest BCUT2D eigenvalue weighted by Crippen LogP contribution is 2.44. The number of anilines is 1. The number of halogens is 2. The molecule has 4 nitrogen and oxygen atoms in total. The van der Waals surface area contributed by atoms with Gasteiger partial charge in [-0.25, -0.2) is 4.39 Å². The third kappa shape index (κ3) is 3.83. The van der Waals surface area contributed by atoms with Crippen LogP contribution in [0.15, 0.2) is 77.4 Å². The lowest BCUT2D eigenvalue weighted by molar-refractivity contribution is 0.564. The van der Waals surface area contributed by atoms with Crippen molar-refractivity contribution in [1.82, 2.24) is 14.9 Å². The molecule has 2 aromatic carbocycles. The fourth-order valence-electron chi connectivity index (χ4n) is 4.82. The average Bonchev–Trinajstić information content (AvgIpc) is 3.32. The second-order valence-electron chi connectivity index (χ2n) is 8.54. The van der Waals surface area contributed by atoms with Gasteiger partial charge in [0.15, 0.2) is 5.11 Å². The van der Waals surface area contributed by atoms with Crippen molar-refractivity contribution >= 4 is 38.9 Å². The van der Waals surface area contributed by atoms with E-state index in [0.717, 1.165) is 38.4 Å². The van der Waals surface area contributed by atoms with Crippen molar-refractivity contribution in [1.29, 1.82) is 0 Å². The van der Waals surface area contributed by atoms with Crippen LogP contribution in [0.1, 0.15) is 40.3 Å². The maximum absolute atomic E-state index is 14.8. The van der Waals surface area contributed by atoms with Crippen LogP contribution in [0, 0.1) is 26.6 Å². The summed E-state index contributed by atoms with van der Waals surface area (Å²) in [4.78, 5) is 6.79. The summed E-state index contributed by atoms with van der Waals surface area (Å²) < 4.78 is 17.8. The van der Waals surface area contributed by atoms with Gasteiger partial charge in [-0.05, 0) is 92.6 Å². The van der Waals surface area contributed by atoms with Crippen molar-refractivity contribution in [2.75, 3.05) is 4.90 Å². The Morgan fingerprint density at radius 1 is 1.00 bits per heavy atom. The monoisotopic (exact) mass is 534 g/mol. The van der Waals surface area contributed by atoms with E-state index in [1.807, 2.05) is 54.8 Å². The maximum Gasteiger partial charge on any atom is 0.174 e. The molecule has 1 fully saturated rings. The van der Waals surface area contributed by atoms with E-state index >= 15 is 0 Å². The summed E-state index contributed by atoms with van der Waals surface area (Å²) in [5, 5.41) is 4.15. The highest BCUT2D eigenvalue weighted by molar-refractivity contribution is 9.10. The highest BCUT2D eigenvalue weighted by atomic mass is 79.9. The molecule has 0 radical (unpaired) electrons. The zero-order chi connectivity index (χ0) is 24.0. The molecular weight excluding hydrogens is 511 g/mol. The molecule has 0 spiro atoms. The predicted molar refractivity (Wildman–Crippen MR) is 142 cm³/mol. The van der Waals surface area contributed by atoms with Crippen LogP contribution in [-0.2, 0) is 0 Å². The lowest BCUT2D eigenvalue weighted by Gasteiger charge is -2.28. The largest absolute Gasteiger partial charge is 0.351 e. The van der Waals surface area contributed by atoms with Gasteiger partial charge in [-0.1, -0.05) is 34.1 Å². The maximum atomic E-state index is 14.8. The summed E-state index contributed by atoms with van der Waals surface area (Å²) in [5.41, 5.74) is 6.57. The van der Waals surface area contributed by atoms with Gasteiger partial charge in [0.2, 0.25) is 0 Å². The summed E-state index contributed by atoms with van der Waals surface area (Å²) in [5.74, 6) is -0.252. The molecule has 172 valence electrons. The third-order valence-corrected chi connectivity index (χ3v) is 7.60. The van der Waals surface area contributed by atoms with E-state index in [1.165, 1.54) is 6.07 Å². The summed E-state index contributed by atoms with van der Waals surface area (Å²) in [6, 6.07) is 20.8. The Morgan fingerprint density at radius 2 is 1.76 bits per heavy atom. The number of hydrogen-bond donors (Lipinski definition) is 1. The van der Waals surface area contributed by atoms with Crippen molar-refractivity contribution < 1.29 is 4.39 Å². The van der Waals surface area contributed by atoms with E-state index in [9.17, 15) is 4.39 Å². The fourth-order valence-corrected chi connectivity index (χ4v) is 5.41. The standard InChI is InChI=1S/C27H24BrFN4S/c1-16-14-19(11-12-21(16)28)33-26(25(31-27(33)34)23-9-6-7-13-30-23)20-15-17(2)32(18(20)3)24-10-5-4-8-22(24)29/h4-15,25-26H,1-3H3,(H,31,34)/t25-,26+/m0/s1. The number of benzene rings is 2. The normalized spacial score (nSPS) is 17.8. The van der Waals surface area contributed by atoms with Crippen LogP contribution in [0.5, 0.6) is 0 Å². The van der Waals surface area contributed by atoms with Crippen LogP contribution in [-0.4, -0.2) is 14.7 Å². The van der Waals surface area contributed by atoms with Gasteiger partial charge in [0, 0.05) is 27.7 Å². The molecule has 1 aliphatic rings. The Kier molecular flexibility index (Phi) is 6.00. The molecule has 3 heterocycles. The van der Waals surface area contributed by atoms with E-state index < -0.39 is 0 Å². The highest BCUT2D eigenvalue weighted by Gasteiger charge is 2.42. The zero-order valence-corrected chi connectivity index (χ0v) is 21.5. The van der Waals surface area contributed by atoms with Crippen molar-refractivity contribution in [3.8, 4) is 5.69 Å². The number of hydrogen-bond acceptors (Lipinski definition) is 2. The fraction of sp³-hybridized carbons (Fsp3) is 0.185. The molecule has 1 aliphatic heterocycles. The van der Waals surface area contributed by atoms with E-state index in [2.05, 4.69) is 56.3 Å². The first kappa shape index (κ1) is 22.7. The van der Waals surface area contributed by atoms with E-state index in [1.54, 1.807) is 12.3 Å². The van der Waals surface area contributed by atoms with Crippen LogP contribution in [0.3, 0.4) is 0 Å². The number of rotatable bonds is 4. The molecule has 1 saturated heterocycles. The molecular formula is C27H24BrFN4S. The molecule has 1 N–H and O–H groups in total. The van der Waals surface area contributed by atoms with Gasteiger partial charge in [-0.3, -0.25) is 4.98 Å². The Labute approximate surface area is 212 Å². The molecule has 0 bridgehead atoms. The number of nitrogens with zero attached hydrogens (tertiary/aromatic N) is 3. The number of pyridine rings is 1. The first-order valence-electron chi connectivity index (χ1n) is 11.1. The van der Waals surface area contributed by atoms with E-state index in [0.29, 0.717) is 10.8 Å². The average molecular weight is 535 g/mol. The van der Waals surface area contributed by atoms with Crippen molar-refractivity contribution in [2.45, 2.75) is 32.9 Å². The minimum Gasteiger partial charge on any atom is -0.351 e. The molecule has 0 saturated carbocycles. The van der Waals surface area contributed by atoms with Gasteiger partial charge in [0.05, 0.1) is 23.5 Å². The van der Waals surface area contributed by atoms with Crippen LogP contribution in [0.2, 0.25) is 0 Å². The van der Waals surface area contributed by atoms with Crippen LogP contribution in [0.25, 0.3) is 5.69 Å². The van der Waals surface area contributed by atoms with Gasteiger partial charge in [-0.15, -0.1) is 0 Å². The second kappa shape index (κ2) is 8.96. The van der Waals surface area contributed by atoms with Gasteiger partial charge in [-0.2, -0.15) is 0 Å². The molecule has 34 heavy (non-hydrogen) atoms. The molecule has 0 unspecified atom stereocenters. The molecule has 0 aliphatic carbocycles. The number of aromatic nitrogens is 2. The SMILES string of the molecule is Cc1cc(N2C(=S)N[C@@H](c3ccccn3)[C@H]2c2cc(C)n(-c3ccccc3F)c2C)ccc1Br.